The molecule has 1 N–H and O–H groups in total. The fourth-order valence-electron chi connectivity index (χ4n) is 2.53. The molecular weight excluding hydrogens is 248 g/mol. The highest BCUT2D eigenvalue weighted by atomic mass is 16.2. The fourth-order valence-corrected chi connectivity index (χ4v) is 2.53. The summed E-state index contributed by atoms with van der Waals surface area (Å²) in [4.78, 5) is 14.5. The van der Waals surface area contributed by atoms with E-state index in [1.807, 2.05) is 24.0 Å². The van der Waals surface area contributed by atoms with E-state index in [2.05, 4.69) is 52.9 Å². The topological polar surface area (TPSA) is 32.3 Å². The van der Waals surface area contributed by atoms with Gasteiger partial charge in [0.1, 0.15) is 6.04 Å². The lowest BCUT2D eigenvalue weighted by atomic mass is 10.1. The van der Waals surface area contributed by atoms with E-state index >= 15 is 0 Å². The van der Waals surface area contributed by atoms with Crippen LogP contribution in [0.4, 0.5) is 5.69 Å². The number of hydrogen-bond acceptors (Lipinski definition) is 2. The van der Waals surface area contributed by atoms with Gasteiger partial charge in [0.2, 0.25) is 5.91 Å². The number of carbonyl (C=O) groups excluding carboxylic acids is 1. The Morgan fingerprint density at radius 1 is 1.05 bits per heavy atom. The molecule has 1 aromatic carbocycles. The summed E-state index contributed by atoms with van der Waals surface area (Å²) in [6.07, 6.45) is 0. The minimum atomic E-state index is -0.222. The van der Waals surface area contributed by atoms with Crippen LogP contribution in [-0.4, -0.2) is 28.9 Å². The van der Waals surface area contributed by atoms with Crippen LogP contribution in [-0.2, 0) is 4.79 Å². The van der Waals surface area contributed by atoms with Crippen LogP contribution in [0.15, 0.2) is 18.2 Å². The number of anilines is 1. The molecule has 0 aliphatic rings. The SMILES string of the molecule is Cc1cccc(NC(C)C(=O)N(C(C)C)C(C)C)c1C. The maximum absolute atomic E-state index is 12.6. The van der Waals surface area contributed by atoms with Crippen molar-refractivity contribution in [2.45, 2.75) is 66.6 Å². The monoisotopic (exact) mass is 276 g/mol. The maximum atomic E-state index is 12.6. The third-order valence-corrected chi connectivity index (χ3v) is 3.71. The van der Waals surface area contributed by atoms with Gasteiger partial charge in [0, 0.05) is 17.8 Å². The van der Waals surface area contributed by atoms with E-state index in [9.17, 15) is 4.79 Å². The zero-order chi connectivity index (χ0) is 15.4. The van der Waals surface area contributed by atoms with Crippen molar-refractivity contribution in [3.05, 3.63) is 29.3 Å². The van der Waals surface area contributed by atoms with E-state index in [1.54, 1.807) is 0 Å². The quantitative estimate of drug-likeness (QED) is 0.888. The van der Waals surface area contributed by atoms with Crippen molar-refractivity contribution >= 4 is 11.6 Å². The first-order valence-electron chi connectivity index (χ1n) is 7.40. The van der Waals surface area contributed by atoms with Crippen LogP contribution < -0.4 is 5.32 Å². The number of carbonyl (C=O) groups is 1. The van der Waals surface area contributed by atoms with Crippen molar-refractivity contribution in [3.63, 3.8) is 0 Å². The summed E-state index contributed by atoms with van der Waals surface area (Å²) < 4.78 is 0. The average molecular weight is 276 g/mol. The molecule has 1 aromatic rings. The number of nitrogens with one attached hydrogen (secondary N) is 1. The minimum Gasteiger partial charge on any atom is -0.374 e. The van der Waals surface area contributed by atoms with E-state index in [-0.39, 0.29) is 24.0 Å². The predicted molar refractivity (Wildman–Crippen MR) is 86.1 cm³/mol. The Labute approximate surface area is 123 Å². The highest BCUT2D eigenvalue weighted by Crippen LogP contribution is 2.20. The van der Waals surface area contributed by atoms with Gasteiger partial charge in [0.25, 0.3) is 0 Å². The second-order valence-electron chi connectivity index (χ2n) is 6.05. The van der Waals surface area contributed by atoms with Crippen LogP contribution in [0, 0.1) is 13.8 Å². The van der Waals surface area contributed by atoms with Crippen LogP contribution in [0.1, 0.15) is 45.7 Å². The van der Waals surface area contributed by atoms with Gasteiger partial charge in [0.05, 0.1) is 0 Å². The molecule has 0 aliphatic heterocycles. The van der Waals surface area contributed by atoms with Crippen molar-refractivity contribution in [1.82, 2.24) is 4.90 Å². The molecule has 3 nitrogen and oxygen atoms in total. The standard InChI is InChI=1S/C17H28N2O/c1-11(2)19(12(3)4)17(20)15(7)18-16-10-8-9-13(5)14(16)6/h8-12,15,18H,1-7H3. The summed E-state index contributed by atoms with van der Waals surface area (Å²) in [6.45, 7) is 14.3. The molecule has 1 amide bonds. The van der Waals surface area contributed by atoms with Crippen LogP contribution in [0.2, 0.25) is 0 Å². The summed E-state index contributed by atoms with van der Waals surface area (Å²) in [5, 5.41) is 3.35. The molecule has 0 saturated carbocycles. The van der Waals surface area contributed by atoms with Gasteiger partial charge < -0.3 is 10.2 Å². The number of rotatable bonds is 5. The lowest BCUT2D eigenvalue weighted by Gasteiger charge is -2.33. The summed E-state index contributed by atoms with van der Waals surface area (Å²) in [5.41, 5.74) is 3.48. The molecule has 112 valence electrons. The van der Waals surface area contributed by atoms with Gasteiger partial charge in [-0.1, -0.05) is 12.1 Å². The molecule has 0 heterocycles. The first-order valence-corrected chi connectivity index (χ1v) is 7.40. The van der Waals surface area contributed by atoms with Gasteiger partial charge in [-0.3, -0.25) is 4.79 Å². The van der Waals surface area contributed by atoms with Gasteiger partial charge in [-0.15, -0.1) is 0 Å². The van der Waals surface area contributed by atoms with Crippen molar-refractivity contribution in [1.29, 1.82) is 0 Å². The molecule has 0 aromatic heterocycles. The highest BCUT2D eigenvalue weighted by Gasteiger charge is 2.25. The zero-order valence-electron chi connectivity index (χ0n) is 13.8. The van der Waals surface area contributed by atoms with Crippen LogP contribution in [0.5, 0.6) is 0 Å². The maximum Gasteiger partial charge on any atom is 0.245 e. The second kappa shape index (κ2) is 6.78. The van der Waals surface area contributed by atoms with Crippen molar-refractivity contribution in [2.24, 2.45) is 0 Å². The lowest BCUT2D eigenvalue weighted by Crippen LogP contribution is -2.48. The van der Waals surface area contributed by atoms with E-state index in [1.165, 1.54) is 11.1 Å². The number of hydrogen-bond donors (Lipinski definition) is 1. The summed E-state index contributed by atoms with van der Waals surface area (Å²) in [7, 11) is 0. The number of amides is 1. The van der Waals surface area contributed by atoms with Gasteiger partial charge in [-0.2, -0.15) is 0 Å². The van der Waals surface area contributed by atoms with E-state index in [0.29, 0.717) is 0 Å². The Hall–Kier alpha value is -1.51. The van der Waals surface area contributed by atoms with Crippen LogP contribution in [0.25, 0.3) is 0 Å². The fraction of sp³-hybridized carbons (Fsp3) is 0.588. The summed E-state index contributed by atoms with van der Waals surface area (Å²) in [6, 6.07) is 6.34. The van der Waals surface area contributed by atoms with Crippen molar-refractivity contribution in [2.75, 3.05) is 5.32 Å². The normalized spacial score (nSPS) is 12.7. The molecule has 20 heavy (non-hydrogen) atoms. The second-order valence-corrected chi connectivity index (χ2v) is 6.05. The minimum absolute atomic E-state index is 0.149. The molecule has 1 unspecified atom stereocenters. The van der Waals surface area contributed by atoms with Crippen molar-refractivity contribution in [3.8, 4) is 0 Å². The smallest absolute Gasteiger partial charge is 0.245 e. The lowest BCUT2D eigenvalue weighted by molar-refractivity contribution is -0.135. The highest BCUT2D eigenvalue weighted by molar-refractivity contribution is 5.85. The summed E-state index contributed by atoms with van der Waals surface area (Å²) in [5.74, 6) is 0.149. The third-order valence-electron chi connectivity index (χ3n) is 3.71. The molecule has 0 bridgehead atoms. The molecular formula is C17H28N2O. The van der Waals surface area contributed by atoms with E-state index in [4.69, 9.17) is 0 Å². The number of aryl methyl sites for hydroxylation is 1. The van der Waals surface area contributed by atoms with Gasteiger partial charge >= 0.3 is 0 Å². The number of nitrogens with zero attached hydrogens (tertiary/aromatic N) is 1. The van der Waals surface area contributed by atoms with Crippen LogP contribution >= 0.6 is 0 Å². The molecule has 0 spiro atoms. The largest absolute Gasteiger partial charge is 0.374 e. The molecule has 0 aliphatic carbocycles. The Bertz CT molecular complexity index is 458. The Kier molecular flexibility index (Phi) is 5.61. The summed E-state index contributed by atoms with van der Waals surface area (Å²) >= 11 is 0. The average Bonchev–Trinajstić information content (AvgIpc) is 2.33. The molecule has 1 atom stereocenters. The molecule has 0 fully saturated rings. The molecule has 0 radical (unpaired) electrons. The Balaban J connectivity index is 2.87. The first-order chi connectivity index (χ1) is 9.25. The third kappa shape index (κ3) is 3.75. The Morgan fingerprint density at radius 2 is 1.60 bits per heavy atom. The van der Waals surface area contributed by atoms with Gasteiger partial charge in [-0.05, 0) is 65.7 Å². The first kappa shape index (κ1) is 16.5. The molecule has 1 rings (SSSR count). The predicted octanol–water partition coefficient (Wildman–Crippen LogP) is 3.75. The van der Waals surface area contributed by atoms with Gasteiger partial charge in [-0.25, -0.2) is 0 Å². The van der Waals surface area contributed by atoms with Crippen molar-refractivity contribution < 1.29 is 4.79 Å². The van der Waals surface area contributed by atoms with E-state index in [0.717, 1.165) is 5.69 Å². The number of benzene rings is 1. The Morgan fingerprint density at radius 3 is 2.10 bits per heavy atom. The zero-order valence-corrected chi connectivity index (χ0v) is 13.8. The van der Waals surface area contributed by atoms with E-state index < -0.39 is 0 Å². The van der Waals surface area contributed by atoms with Gasteiger partial charge in [0.15, 0.2) is 0 Å². The molecule has 3 heteroatoms. The molecule has 0 saturated heterocycles. The van der Waals surface area contributed by atoms with Crippen LogP contribution in [0.3, 0.4) is 0 Å².